The first-order valence-electron chi connectivity index (χ1n) is 9.60. The molecule has 1 heterocycles. The van der Waals surface area contributed by atoms with Crippen LogP contribution in [0.15, 0.2) is 48.5 Å². The van der Waals surface area contributed by atoms with Gasteiger partial charge in [0.15, 0.2) is 0 Å². The average molecular weight is 385 g/mol. The van der Waals surface area contributed by atoms with Crippen molar-refractivity contribution in [2.24, 2.45) is 5.92 Å². The van der Waals surface area contributed by atoms with Crippen LogP contribution < -0.4 is 4.72 Å². The summed E-state index contributed by atoms with van der Waals surface area (Å²) in [6.45, 7) is 1.64. The van der Waals surface area contributed by atoms with Gasteiger partial charge in [-0.1, -0.05) is 54.4 Å². The van der Waals surface area contributed by atoms with E-state index < -0.39 is 0 Å². The zero-order chi connectivity index (χ0) is 18.8. The lowest BCUT2D eigenvalue weighted by molar-refractivity contribution is -0.133. The summed E-state index contributed by atoms with van der Waals surface area (Å²) in [6, 6.07) is 15.2. The zero-order valence-electron chi connectivity index (χ0n) is 15.5. The van der Waals surface area contributed by atoms with Gasteiger partial charge in [0.05, 0.1) is 0 Å². The topological polar surface area (TPSA) is 32.3 Å². The molecule has 5 heteroatoms. The van der Waals surface area contributed by atoms with Gasteiger partial charge in [0.25, 0.3) is 0 Å². The van der Waals surface area contributed by atoms with Crippen LogP contribution in [-0.4, -0.2) is 36.2 Å². The number of hydrogen-bond acceptors (Lipinski definition) is 3. The molecule has 1 aliphatic heterocycles. The van der Waals surface area contributed by atoms with E-state index >= 15 is 0 Å². The summed E-state index contributed by atoms with van der Waals surface area (Å²) < 4.78 is 17.7. The molecule has 1 N–H and O–H groups in total. The van der Waals surface area contributed by atoms with Gasteiger partial charge in [-0.15, -0.1) is 0 Å². The minimum Gasteiger partial charge on any atom is -0.341 e. The second kappa shape index (κ2) is 8.03. The van der Waals surface area contributed by atoms with Crippen molar-refractivity contribution in [1.29, 1.82) is 0 Å². The number of nitrogens with one attached hydrogen (secondary N) is 1. The summed E-state index contributed by atoms with van der Waals surface area (Å²) in [5.74, 6) is 0.277. The van der Waals surface area contributed by atoms with Crippen molar-refractivity contribution >= 4 is 17.9 Å². The number of nitrogens with zero attached hydrogens (tertiary/aromatic N) is 1. The summed E-state index contributed by atoms with van der Waals surface area (Å²) >= 11 is 1.62. The third kappa shape index (κ3) is 3.90. The molecule has 2 aromatic rings. The fourth-order valence-corrected chi connectivity index (χ4v) is 4.76. The maximum absolute atomic E-state index is 14.3. The SMILES string of the molecule is CSNC1CCCN(C(=O)C2CC2c2ccccc2-c2ccccc2F)C1. The molecular weight excluding hydrogens is 359 g/mol. The summed E-state index contributed by atoms with van der Waals surface area (Å²) in [7, 11) is 0. The minimum atomic E-state index is -0.213. The fourth-order valence-electron chi connectivity index (χ4n) is 4.23. The molecule has 2 aromatic carbocycles. The van der Waals surface area contributed by atoms with Gasteiger partial charge in [-0.25, -0.2) is 4.39 Å². The lowest BCUT2D eigenvalue weighted by Gasteiger charge is -2.33. The molecule has 142 valence electrons. The minimum absolute atomic E-state index is 0.0333. The van der Waals surface area contributed by atoms with E-state index in [1.807, 2.05) is 47.6 Å². The standard InChI is InChI=1S/C22H25FN2OS/c1-27-24-15-7-6-12-25(14-15)22(26)20-13-19(20)17-9-3-2-8-16(17)18-10-4-5-11-21(18)23/h2-5,8-11,15,19-20,24H,6-7,12-14H2,1H3. The second-order valence-electron chi connectivity index (χ2n) is 7.46. The van der Waals surface area contributed by atoms with Gasteiger partial charge in [-0.05, 0) is 48.6 Å². The Morgan fingerprint density at radius 2 is 1.89 bits per heavy atom. The Balaban J connectivity index is 1.51. The molecule has 27 heavy (non-hydrogen) atoms. The van der Waals surface area contributed by atoms with Crippen LogP contribution in [0.25, 0.3) is 11.1 Å². The van der Waals surface area contributed by atoms with Gasteiger partial charge >= 0.3 is 0 Å². The predicted octanol–water partition coefficient (Wildman–Crippen LogP) is 4.45. The first-order valence-corrected chi connectivity index (χ1v) is 10.8. The quantitative estimate of drug-likeness (QED) is 0.773. The molecule has 2 fully saturated rings. The second-order valence-corrected chi connectivity index (χ2v) is 8.11. The normalized spacial score (nSPS) is 24.7. The maximum atomic E-state index is 14.3. The van der Waals surface area contributed by atoms with Gasteiger partial charge in [-0.2, -0.15) is 0 Å². The van der Waals surface area contributed by atoms with E-state index in [4.69, 9.17) is 0 Å². The first-order chi connectivity index (χ1) is 13.2. The summed E-state index contributed by atoms with van der Waals surface area (Å²) in [5, 5.41) is 0. The van der Waals surface area contributed by atoms with E-state index in [1.165, 1.54) is 6.07 Å². The van der Waals surface area contributed by atoms with E-state index in [0.29, 0.717) is 11.6 Å². The molecule has 3 atom stereocenters. The molecule has 3 nitrogen and oxygen atoms in total. The molecule has 1 saturated carbocycles. The molecule has 0 radical (unpaired) electrons. The predicted molar refractivity (Wildman–Crippen MR) is 109 cm³/mol. The highest BCUT2D eigenvalue weighted by Crippen LogP contribution is 2.51. The van der Waals surface area contributed by atoms with Gasteiger partial charge in [0, 0.05) is 30.6 Å². The van der Waals surface area contributed by atoms with Crippen LogP contribution in [-0.2, 0) is 4.79 Å². The van der Waals surface area contributed by atoms with Crippen molar-refractivity contribution in [3.63, 3.8) is 0 Å². The zero-order valence-corrected chi connectivity index (χ0v) is 16.3. The number of rotatable bonds is 5. The molecule has 0 bridgehead atoms. The lowest BCUT2D eigenvalue weighted by atomic mass is 9.95. The average Bonchev–Trinajstić information content (AvgIpc) is 3.49. The number of carbonyl (C=O) groups excluding carboxylic acids is 1. The Morgan fingerprint density at radius 1 is 1.15 bits per heavy atom. The molecule has 2 aliphatic rings. The van der Waals surface area contributed by atoms with E-state index in [9.17, 15) is 9.18 Å². The van der Waals surface area contributed by atoms with Crippen LogP contribution in [0.1, 0.15) is 30.7 Å². The van der Waals surface area contributed by atoms with Crippen LogP contribution in [0.2, 0.25) is 0 Å². The Bertz CT molecular complexity index is 825. The highest BCUT2D eigenvalue weighted by molar-refractivity contribution is 7.96. The van der Waals surface area contributed by atoms with Gasteiger partial charge < -0.3 is 4.90 Å². The van der Waals surface area contributed by atoms with Gasteiger partial charge in [-0.3, -0.25) is 9.52 Å². The number of halogens is 1. The fraction of sp³-hybridized carbons (Fsp3) is 0.409. The highest BCUT2D eigenvalue weighted by atomic mass is 32.2. The third-order valence-corrected chi connectivity index (χ3v) is 6.22. The summed E-state index contributed by atoms with van der Waals surface area (Å²) in [4.78, 5) is 15.0. The Kier molecular flexibility index (Phi) is 5.50. The maximum Gasteiger partial charge on any atom is 0.226 e. The number of piperidine rings is 1. The molecule has 4 rings (SSSR count). The molecule has 3 unspecified atom stereocenters. The smallest absolute Gasteiger partial charge is 0.226 e. The van der Waals surface area contributed by atoms with Gasteiger partial charge in [0.2, 0.25) is 5.91 Å². The highest BCUT2D eigenvalue weighted by Gasteiger charge is 2.47. The largest absolute Gasteiger partial charge is 0.341 e. The van der Waals surface area contributed by atoms with Crippen molar-refractivity contribution in [2.75, 3.05) is 19.3 Å². The molecular formula is C22H25FN2OS. The van der Waals surface area contributed by atoms with Crippen LogP contribution in [0.4, 0.5) is 4.39 Å². The number of likely N-dealkylation sites (tertiary alicyclic amines) is 1. The molecule has 1 aliphatic carbocycles. The van der Waals surface area contributed by atoms with E-state index in [-0.39, 0.29) is 23.6 Å². The monoisotopic (exact) mass is 384 g/mol. The first kappa shape index (κ1) is 18.5. The van der Waals surface area contributed by atoms with Crippen molar-refractivity contribution in [3.05, 3.63) is 59.9 Å². The van der Waals surface area contributed by atoms with E-state index in [1.54, 1.807) is 18.0 Å². The molecule has 1 saturated heterocycles. The molecule has 0 aromatic heterocycles. The Labute approximate surface area is 164 Å². The number of amides is 1. The van der Waals surface area contributed by atoms with E-state index in [0.717, 1.165) is 43.5 Å². The van der Waals surface area contributed by atoms with Crippen LogP contribution in [0, 0.1) is 11.7 Å². The lowest BCUT2D eigenvalue weighted by Crippen LogP contribution is -2.46. The summed E-state index contributed by atoms with van der Waals surface area (Å²) in [5.41, 5.74) is 2.63. The van der Waals surface area contributed by atoms with Crippen molar-refractivity contribution < 1.29 is 9.18 Å². The Morgan fingerprint density at radius 3 is 2.67 bits per heavy atom. The van der Waals surface area contributed by atoms with Gasteiger partial charge in [0.1, 0.15) is 5.82 Å². The van der Waals surface area contributed by atoms with E-state index in [2.05, 4.69) is 4.72 Å². The number of benzene rings is 2. The number of hydrogen-bond donors (Lipinski definition) is 1. The van der Waals surface area contributed by atoms with Crippen LogP contribution in [0.3, 0.4) is 0 Å². The van der Waals surface area contributed by atoms with Crippen molar-refractivity contribution in [3.8, 4) is 11.1 Å². The number of carbonyl (C=O) groups is 1. The van der Waals surface area contributed by atoms with Crippen LogP contribution in [0.5, 0.6) is 0 Å². The third-order valence-electron chi connectivity index (χ3n) is 5.65. The molecule has 0 spiro atoms. The summed E-state index contributed by atoms with van der Waals surface area (Å²) in [6.07, 6.45) is 5.06. The van der Waals surface area contributed by atoms with Crippen molar-refractivity contribution in [1.82, 2.24) is 9.62 Å². The van der Waals surface area contributed by atoms with Crippen molar-refractivity contribution in [2.45, 2.75) is 31.2 Å². The molecule has 1 amide bonds. The Hall–Kier alpha value is -1.85. The van der Waals surface area contributed by atoms with Crippen LogP contribution >= 0.6 is 11.9 Å².